The number of nitrogens with zero attached hydrogens (tertiary/aromatic N) is 3. The Morgan fingerprint density at radius 1 is 1.55 bits per heavy atom. The number of morpholine rings is 1. The van der Waals surface area contributed by atoms with E-state index in [1.54, 1.807) is 6.20 Å². The zero-order valence-electron chi connectivity index (χ0n) is 11.4. The van der Waals surface area contributed by atoms with Gasteiger partial charge in [0, 0.05) is 12.7 Å². The monoisotopic (exact) mass is 292 g/mol. The molecule has 0 bridgehead atoms. The van der Waals surface area contributed by atoms with Crippen LogP contribution < -0.4 is 0 Å². The van der Waals surface area contributed by atoms with Crippen molar-refractivity contribution < 1.29 is 9.53 Å². The van der Waals surface area contributed by atoms with Crippen LogP contribution in [0.4, 0.5) is 0 Å². The summed E-state index contributed by atoms with van der Waals surface area (Å²) in [7, 11) is 0. The summed E-state index contributed by atoms with van der Waals surface area (Å²) >= 11 is 1.45. The predicted octanol–water partition coefficient (Wildman–Crippen LogP) is 1.70. The Labute approximate surface area is 120 Å². The molecule has 0 saturated carbocycles. The lowest BCUT2D eigenvalue weighted by Crippen LogP contribution is -2.43. The quantitative estimate of drug-likeness (QED) is 0.914. The molecule has 3 heterocycles. The average molecular weight is 292 g/mol. The molecular formula is C13H16N4O2S. The minimum atomic E-state index is -0.111. The Balaban J connectivity index is 1.90. The van der Waals surface area contributed by atoms with Crippen molar-refractivity contribution in [3.63, 3.8) is 0 Å². The van der Waals surface area contributed by atoms with Gasteiger partial charge in [0.1, 0.15) is 4.88 Å². The highest BCUT2D eigenvalue weighted by molar-refractivity contribution is 7.13. The number of rotatable bonds is 2. The second-order valence-corrected chi connectivity index (χ2v) is 5.95. The number of aryl methyl sites for hydroxylation is 2. The molecule has 3 rings (SSSR count). The van der Waals surface area contributed by atoms with Crippen LogP contribution in [0, 0.1) is 13.8 Å². The van der Waals surface area contributed by atoms with Crippen molar-refractivity contribution in [2.45, 2.75) is 19.9 Å². The molecule has 1 aliphatic rings. The summed E-state index contributed by atoms with van der Waals surface area (Å²) in [5.74, 6) is 0.0241. The third-order valence-electron chi connectivity index (χ3n) is 3.37. The van der Waals surface area contributed by atoms with E-state index in [4.69, 9.17) is 4.74 Å². The van der Waals surface area contributed by atoms with Crippen molar-refractivity contribution >= 4 is 17.2 Å². The van der Waals surface area contributed by atoms with Crippen molar-refractivity contribution in [2.24, 2.45) is 0 Å². The van der Waals surface area contributed by atoms with E-state index in [2.05, 4.69) is 15.2 Å². The summed E-state index contributed by atoms with van der Waals surface area (Å²) in [5.41, 5.74) is 1.70. The van der Waals surface area contributed by atoms with Gasteiger partial charge in [0.05, 0.1) is 35.7 Å². The van der Waals surface area contributed by atoms with E-state index in [1.807, 2.05) is 24.8 Å². The van der Waals surface area contributed by atoms with Crippen molar-refractivity contribution in [2.75, 3.05) is 19.8 Å². The summed E-state index contributed by atoms with van der Waals surface area (Å²) in [6.07, 6.45) is 1.69. The van der Waals surface area contributed by atoms with E-state index >= 15 is 0 Å². The van der Waals surface area contributed by atoms with E-state index < -0.39 is 0 Å². The number of nitrogens with one attached hydrogen (secondary N) is 1. The molecule has 0 aliphatic carbocycles. The molecule has 2 aromatic rings. The van der Waals surface area contributed by atoms with Crippen LogP contribution in [-0.4, -0.2) is 45.7 Å². The summed E-state index contributed by atoms with van der Waals surface area (Å²) in [6.45, 7) is 5.43. The number of carbonyl (C=O) groups excluding carboxylic acids is 1. The van der Waals surface area contributed by atoms with Gasteiger partial charge in [-0.25, -0.2) is 4.98 Å². The Hall–Kier alpha value is -1.73. The van der Waals surface area contributed by atoms with E-state index in [-0.39, 0.29) is 11.9 Å². The molecular weight excluding hydrogens is 276 g/mol. The molecule has 1 N–H and O–H groups in total. The van der Waals surface area contributed by atoms with Crippen molar-refractivity contribution in [1.29, 1.82) is 0 Å². The summed E-state index contributed by atoms with van der Waals surface area (Å²) in [4.78, 5) is 19.6. The SMILES string of the molecule is Cc1nc(C)c(C(=O)N2CCOCC2c2ccn[nH]2)s1. The van der Waals surface area contributed by atoms with Gasteiger partial charge in [-0.2, -0.15) is 5.10 Å². The maximum Gasteiger partial charge on any atom is 0.266 e. The first-order valence-electron chi connectivity index (χ1n) is 6.49. The number of thiazole rings is 1. The zero-order chi connectivity index (χ0) is 14.1. The molecule has 1 atom stereocenters. The van der Waals surface area contributed by atoms with E-state index in [1.165, 1.54) is 11.3 Å². The molecule has 0 radical (unpaired) electrons. The lowest BCUT2D eigenvalue weighted by atomic mass is 10.1. The van der Waals surface area contributed by atoms with Crippen LogP contribution >= 0.6 is 11.3 Å². The Kier molecular flexibility index (Phi) is 3.54. The van der Waals surface area contributed by atoms with E-state index in [9.17, 15) is 4.79 Å². The number of aromatic nitrogens is 3. The van der Waals surface area contributed by atoms with Gasteiger partial charge in [0.2, 0.25) is 0 Å². The Morgan fingerprint density at radius 2 is 2.40 bits per heavy atom. The van der Waals surface area contributed by atoms with Crippen LogP contribution in [0.5, 0.6) is 0 Å². The number of ether oxygens (including phenoxy) is 1. The van der Waals surface area contributed by atoms with Crippen LogP contribution in [0.2, 0.25) is 0 Å². The number of hydrogen-bond acceptors (Lipinski definition) is 5. The number of carbonyl (C=O) groups is 1. The van der Waals surface area contributed by atoms with Gasteiger partial charge in [-0.05, 0) is 19.9 Å². The number of hydrogen-bond donors (Lipinski definition) is 1. The lowest BCUT2D eigenvalue weighted by Gasteiger charge is -2.34. The van der Waals surface area contributed by atoms with Crippen LogP contribution in [0.25, 0.3) is 0 Å². The highest BCUT2D eigenvalue weighted by Gasteiger charge is 2.31. The van der Waals surface area contributed by atoms with Crippen molar-refractivity contribution in [3.05, 3.63) is 33.5 Å². The minimum absolute atomic E-state index is 0.0241. The van der Waals surface area contributed by atoms with Gasteiger partial charge in [-0.1, -0.05) is 0 Å². The maximum absolute atomic E-state index is 12.7. The van der Waals surface area contributed by atoms with Crippen LogP contribution in [0.1, 0.15) is 32.1 Å². The van der Waals surface area contributed by atoms with Gasteiger partial charge < -0.3 is 9.64 Å². The zero-order valence-corrected chi connectivity index (χ0v) is 12.2. The highest BCUT2D eigenvalue weighted by atomic mass is 32.1. The van der Waals surface area contributed by atoms with E-state index in [0.717, 1.165) is 16.4 Å². The molecule has 6 nitrogen and oxygen atoms in total. The third kappa shape index (κ3) is 2.34. The molecule has 1 aliphatic heterocycles. The summed E-state index contributed by atoms with van der Waals surface area (Å²) in [5, 5.41) is 7.80. The molecule has 106 valence electrons. The highest BCUT2D eigenvalue weighted by Crippen LogP contribution is 2.27. The fourth-order valence-corrected chi connectivity index (χ4v) is 3.29. The van der Waals surface area contributed by atoms with Gasteiger partial charge in [-0.15, -0.1) is 11.3 Å². The second-order valence-electron chi connectivity index (χ2n) is 4.75. The fraction of sp³-hybridized carbons (Fsp3) is 0.462. The molecule has 0 aromatic carbocycles. The molecule has 7 heteroatoms. The lowest BCUT2D eigenvalue weighted by molar-refractivity contribution is -0.00370. The normalized spacial score (nSPS) is 19.3. The molecule has 2 aromatic heterocycles. The number of amides is 1. The Bertz CT molecular complexity index is 608. The van der Waals surface area contributed by atoms with Crippen molar-refractivity contribution in [3.8, 4) is 0 Å². The Morgan fingerprint density at radius 3 is 3.05 bits per heavy atom. The predicted molar refractivity (Wildman–Crippen MR) is 74.8 cm³/mol. The molecule has 20 heavy (non-hydrogen) atoms. The first-order chi connectivity index (χ1) is 9.66. The van der Waals surface area contributed by atoms with Gasteiger partial charge in [0.25, 0.3) is 5.91 Å². The van der Waals surface area contributed by atoms with Crippen LogP contribution in [-0.2, 0) is 4.74 Å². The average Bonchev–Trinajstić information content (AvgIpc) is 3.07. The summed E-state index contributed by atoms with van der Waals surface area (Å²) in [6, 6.07) is 1.77. The second kappa shape index (κ2) is 5.34. The summed E-state index contributed by atoms with van der Waals surface area (Å²) < 4.78 is 5.50. The first kappa shape index (κ1) is 13.3. The molecule has 1 amide bonds. The smallest absolute Gasteiger partial charge is 0.266 e. The molecule has 1 saturated heterocycles. The van der Waals surface area contributed by atoms with E-state index in [0.29, 0.717) is 24.6 Å². The number of aromatic amines is 1. The third-order valence-corrected chi connectivity index (χ3v) is 4.43. The van der Waals surface area contributed by atoms with Crippen LogP contribution in [0.15, 0.2) is 12.3 Å². The first-order valence-corrected chi connectivity index (χ1v) is 7.30. The van der Waals surface area contributed by atoms with Gasteiger partial charge >= 0.3 is 0 Å². The molecule has 1 unspecified atom stereocenters. The molecule has 1 fully saturated rings. The largest absolute Gasteiger partial charge is 0.377 e. The topological polar surface area (TPSA) is 71.1 Å². The van der Waals surface area contributed by atoms with Crippen molar-refractivity contribution in [1.82, 2.24) is 20.1 Å². The van der Waals surface area contributed by atoms with Gasteiger partial charge in [-0.3, -0.25) is 9.89 Å². The maximum atomic E-state index is 12.7. The minimum Gasteiger partial charge on any atom is -0.377 e. The van der Waals surface area contributed by atoms with Crippen LogP contribution in [0.3, 0.4) is 0 Å². The van der Waals surface area contributed by atoms with Gasteiger partial charge in [0.15, 0.2) is 0 Å². The fourth-order valence-electron chi connectivity index (χ4n) is 2.42. The molecule has 0 spiro atoms. The standard InChI is InChI=1S/C13H16N4O2S/c1-8-12(20-9(2)15-8)13(18)17-5-6-19-7-11(17)10-3-4-14-16-10/h3-4,11H,5-7H2,1-2H3,(H,14,16). The number of H-pyrrole nitrogens is 1.